The molecule has 1 heterocycles. The summed E-state index contributed by atoms with van der Waals surface area (Å²) in [4.78, 5) is 25.5. The van der Waals surface area contributed by atoms with Crippen LogP contribution in [0.4, 0.5) is 4.39 Å². The van der Waals surface area contributed by atoms with E-state index in [9.17, 15) is 14.0 Å². The molecule has 1 atom stereocenters. The van der Waals surface area contributed by atoms with Crippen molar-refractivity contribution in [1.82, 2.24) is 15.5 Å². The van der Waals surface area contributed by atoms with E-state index >= 15 is 0 Å². The van der Waals surface area contributed by atoms with E-state index in [1.807, 2.05) is 0 Å². The fourth-order valence-electron chi connectivity index (χ4n) is 3.18. The van der Waals surface area contributed by atoms with Crippen LogP contribution >= 0.6 is 0 Å². The Hall–Kier alpha value is -1.17. The molecule has 1 aliphatic carbocycles. The Morgan fingerprint density at radius 2 is 2.10 bits per heavy atom. The molecule has 2 rings (SSSR count). The molecule has 1 aliphatic heterocycles. The lowest BCUT2D eigenvalue weighted by molar-refractivity contribution is -0.138. The van der Waals surface area contributed by atoms with Gasteiger partial charge in [-0.3, -0.25) is 9.59 Å². The molecule has 1 saturated heterocycles. The maximum absolute atomic E-state index is 12.4. The highest BCUT2D eigenvalue weighted by atomic mass is 19.1. The second-order valence-corrected chi connectivity index (χ2v) is 6.03. The van der Waals surface area contributed by atoms with Gasteiger partial charge in [-0.15, -0.1) is 0 Å². The Morgan fingerprint density at radius 3 is 2.81 bits per heavy atom. The summed E-state index contributed by atoms with van der Waals surface area (Å²) >= 11 is 0. The molecule has 0 aromatic carbocycles. The van der Waals surface area contributed by atoms with Gasteiger partial charge >= 0.3 is 0 Å². The number of carbonyl (C=O) groups is 2. The number of hydrogen-bond donors (Lipinski definition) is 2. The third kappa shape index (κ3) is 4.95. The Bertz CT molecular complexity index is 357. The highest BCUT2D eigenvalue weighted by Crippen LogP contribution is 2.22. The lowest BCUT2D eigenvalue weighted by Gasteiger charge is -2.32. The molecule has 0 radical (unpaired) electrons. The number of amides is 2. The number of rotatable bonds is 6. The van der Waals surface area contributed by atoms with Crippen molar-refractivity contribution in [2.45, 2.75) is 44.6 Å². The highest BCUT2D eigenvalue weighted by molar-refractivity contribution is 5.88. The Labute approximate surface area is 125 Å². The third-order valence-corrected chi connectivity index (χ3v) is 4.44. The number of hydrogen-bond acceptors (Lipinski definition) is 3. The Balaban J connectivity index is 1.72. The highest BCUT2D eigenvalue weighted by Gasteiger charge is 2.29. The summed E-state index contributed by atoms with van der Waals surface area (Å²) in [5.41, 5.74) is 0. The standard InChI is InChI=1S/C15H26FN3O2/c16-6-8-19-9-7-17-13(15(19)21)10-14(20)18-11-12-4-2-1-3-5-12/h12-13,17H,1-11H2,(H,18,20). The van der Waals surface area contributed by atoms with Gasteiger partial charge in [0, 0.05) is 26.2 Å². The van der Waals surface area contributed by atoms with Crippen LogP contribution in [-0.4, -0.2) is 55.6 Å². The molecule has 120 valence electrons. The zero-order valence-electron chi connectivity index (χ0n) is 12.6. The first-order valence-corrected chi connectivity index (χ1v) is 8.05. The smallest absolute Gasteiger partial charge is 0.240 e. The summed E-state index contributed by atoms with van der Waals surface area (Å²) in [5, 5.41) is 5.99. The zero-order valence-corrected chi connectivity index (χ0v) is 12.6. The SMILES string of the molecule is O=C(CC1NCCN(CCF)C1=O)NCC1CCCCC1. The number of nitrogens with one attached hydrogen (secondary N) is 2. The van der Waals surface area contributed by atoms with E-state index in [0.717, 1.165) is 0 Å². The van der Waals surface area contributed by atoms with E-state index in [4.69, 9.17) is 0 Å². The molecule has 0 aromatic heterocycles. The van der Waals surface area contributed by atoms with Gasteiger partial charge in [0.25, 0.3) is 0 Å². The van der Waals surface area contributed by atoms with Crippen LogP contribution < -0.4 is 10.6 Å². The first-order chi connectivity index (χ1) is 10.2. The van der Waals surface area contributed by atoms with E-state index in [0.29, 0.717) is 25.6 Å². The van der Waals surface area contributed by atoms with Gasteiger partial charge in [-0.2, -0.15) is 0 Å². The summed E-state index contributed by atoms with van der Waals surface area (Å²) in [5.74, 6) is 0.334. The van der Waals surface area contributed by atoms with Crippen molar-refractivity contribution in [2.24, 2.45) is 5.92 Å². The van der Waals surface area contributed by atoms with Crippen LogP contribution in [-0.2, 0) is 9.59 Å². The predicted molar refractivity (Wildman–Crippen MR) is 78.5 cm³/mol. The van der Waals surface area contributed by atoms with Crippen LogP contribution in [0.3, 0.4) is 0 Å². The normalized spacial score (nSPS) is 24.1. The first kappa shape index (κ1) is 16.2. The van der Waals surface area contributed by atoms with Crippen LogP contribution in [0, 0.1) is 5.92 Å². The third-order valence-electron chi connectivity index (χ3n) is 4.44. The van der Waals surface area contributed by atoms with Crippen LogP contribution in [0.1, 0.15) is 38.5 Å². The minimum absolute atomic E-state index is 0.0893. The second-order valence-electron chi connectivity index (χ2n) is 6.03. The quantitative estimate of drug-likeness (QED) is 0.764. The van der Waals surface area contributed by atoms with E-state index in [-0.39, 0.29) is 24.8 Å². The van der Waals surface area contributed by atoms with Crippen molar-refractivity contribution in [1.29, 1.82) is 0 Å². The molecule has 0 spiro atoms. The monoisotopic (exact) mass is 299 g/mol. The van der Waals surface area contributed by atoms with Crippen LogP contribution in [0.15, 0.2) is 0 Å². The predicted octanol–water partition coefficient (Wildman–Crippen LogP) is 0.843. The van der Waals surface area contributed by atoms with E-state index < -0.39 is 12.7 Å². The molecule has 1 unspecified atom stereocenters. The second kappa shape index (κ2) is 8.32. The molecule has 2 fully saturated rings. The zero-order chi connectivity index (χ0) is 15.1. The van der Waals surface area contributed by atoms with E-state index in [2.05, 4.69) is 10.6 Å². The van der Waals surface area contributed by atoms with Gasteiger partial charge in [0.05, 0.1) is 12.5 Å². The molecular formula is C15H26FN3O2. The molecule has 2 aliphatic rings. The van der Waals surface area contributed by atoms with Crippen molar-refractivity contribution in [3.63, 3.8) is 0 Å². The van der Waals surface area contributed by atoms with Crippen LogP contribution in [0.25, 0.3) is 0 Å². The largest absolute Gasteiger partial charge is 0.356 e. The maximum Gasteiger partial charge on any atom is 0.240 e. The molecule has 1 saturated carbocycles. The number of carbonyl (C=O) groups excluding carboxylic acids is 2. The minimum Gasteiger partial charge on any atom is -0.356 e. The van der Waals surface area contributed by atoms with Gasteiger partial charge in [0.2, 0.25) is 11.8 Å². The fourth-order valence-corrected chi connectivity index (χ4v) is 3.18. The number of halogens is 1. The average Bonchev–Trinajstić information content (AvgIpc) is 2.50. The number of nitrogens with zero attached hydrogens (tertiary/aromatic N) is 1. The molecule has 21 heavy (non-hydrogen) atoms. The van der Waals surface area contributed by atoms with E-state index in [1.165, 1.54) is 37.0 Å². The van der Waals surface area contributed by atoms with Gasteiger partial charge in [0.15, 0.2) is 0 Å². The number of alkyl halides is 1. The molecule has 2 amide bonds. The molecule has 5 nitrogen and oxygen atoms in total. The summed E-state index contributed by atoms with van der Waals surface area (Å²) in [6.07, 6.45) is 6.32. The van der Waals surface area contributed by atoms with Crippen LogP contribution in [0.5, 0.6) is 0 Å². The molecular weight excluding hydrogens is 273 g/mol. The molecule has 6 heteroatoms. The number of piperazine rings is 1. The maximum atomic E-state index is 12.4. The van der Waals surface area contributed by atoms with Crippen molar-refractivity contribution < 1.29 is 14.0 Å². The summed E-state index contributed by atoms with van der Waals surface area (Å²) in [6.45, 7) is 1.44. The van der Waals surface area contributed by atoms with Gasteiger partial charge in [-0.05, 0) is 18.8 Å². The molecule has 0 aromatic rings. The van der Waals surface area contributed by atoms with E-state index in [1.54, 1.807) is 0 Å². The summed E-state index contributed by atoms with van der Waals surface area (Å²) < 4.78 is 12.4. The Morgan fingerprint density at radius 1 is 1.33 bits per heavy atom. The van der Waals surface area contributed by atoms with Gasteiger partial charge in [0.1, 0.15) is 6.67 Å². The van der Waals surface area contributed by atoms with Crippen molar-refractivity contribution >= 4 is 11.8 Å². The summed E-state index contributed by atoms with van der Waals surface area (Å²) in [6, 6.07) is -0.503. The first-order valence-electron chi connectivity index (χ1n) is 8.05. The lowest BCUT2D eigenvalue weighted by atomic mass is 9.89. The topological polar surface area (TPSA) is 61.4 Å². The minimum atomic E-state index is -0.535. The average molecular weight is 299 g/mol. The van der Waals surface area contributed by atoms with Crippen molar-refractivity contribution in [3.05, 3.63) is 0 Å². The van der Waals surface area contributed by atoms with Crippen molar-refractivity contribution in [3.8, 4) is 0 Å². The van der Waals surface area contributed by atoms with Gasteiger partial charge < -0.3 is 15.5 Å². The van der Waals surface area contributed by atoms with Crippen LogP contribution in [0.2, 0.25) is 0 Å². The fraction of sp³-hybridized carbons (Fsp3) is 0.867. The van der Waals surface area contributed by atoms with Crippen molar-refractivity contribution in [2.75, 3.05) is 32.9 Å². The molecule has 0 bridgehead atoms. The summed E-state index contributed by atoms with van der Waals surface area (Å²) in [7, 11) is 0. The molecule has 2 N–H and O–H groups in total. The van der Waals surface area contributed by atoms with Gasteiger partial charge in [-0.25, -0.2) is 4.39 Å². The Kier molecular flexibility index (Phi) is 6.42. The van der Waals surface area contributed by atoms with Gasteiger partial charge in [-0.1, -0.05) is 19.3 Å². The lowest BCUT2D eigenvalue weighted by Crippen LogP contribution is -2.56.